The second kappa shape index (κ2) is 10.7. The third kappa shape index (κ3) is 5.25. The van der Waals surface area contributed by atoms with E-state index < -0.39 is 17.8 Å². The molecule has 1 aromatic carbocycles. The molecule has 0 heterocycles. The maximum Gasteiger partial charge on any atom is 0.255 e. The minimum absolute atomic E-state index is 0.323. The van der Waals surface area contributed by atoms with Crippen molar-refractivity contribution >= 4 is 17.7 Å². The van der Waals surface area contributed by atoms with Gasteiger partial charge in [0.2, 0.25) is 0 Å². The number of hydrogen-bond donors (Lipinski definition) is 1. The summed E-state index contributed by atoms with van der Waals surface area (Å²) in [6.07, 6.45) is 14.7. The van der Waals surface area contributed by atoms with Gasteiger partial charge >= 0.3 is 0 Å². The Hall–Kier alpha value is -1.42. The molecule has 0 N–H and O–H groups in total. The molecule has 164 valence electrons. The fraction of sp³-hybridized carbons (Fsp3) is 0.577. The zero-order valence-corrected chi connectivity index (χ0v) is 18.8. The van der Waals surface area contributed by atoms with Crippen LogP contribution >= 0.6 is 12.6 Å². The van der Waals surface area contributed by atoms with Crippen LogP contribution < -0.4 is 0 Å². The summed E-state index contributed by atoms with van der Waals surface area (Å²) in [5, 5.41) is -0.323. The van der Waals surface area contributed by atoms with Crippen LogP contribution in [0, 0.1) is 11.8 Å². The number of unbranched alkanes of at least 4 members (excludes halogenated alkanes) is 3. The Labute approximate surface area is 185 Å². The van der Waals surface area contributed by atoms with Gasteiger partial charge in [-0.2, -0.15) is 0 Å². The van der Waals surface area contributed by atoms with Gasteiger partial charge in [0.1, 0.15) is 0 Å². The smallest absolute Gasteiger partial charge is 0.255 e. The molecular formula is C26H34F2OS. The van der Waals surface area contributed by atoms with E-state index in [9.17, 15) is 13.6 Å². The Bertz CT molecular complexity index is 748. The SMILES string of the molecule is CCCCCCC1CCC(c2ccccc2C2(C(F)F)C=CC(C(=O)S)C=C2)CC1. The summed E-state index contributed by atoms with van der Waals surface area (Å²) in [4.78, 5) is 11.5. The van der Waals surface area contributed by atoms with E-state index in [0.717, 1.165) is 24.3 Å². The maximum absolute atomic E-state index is 14.4. The molecule has 0 unspecified atom stereocenters. The van der Waals surface area contributed by atoms with Gasteiger partial charge in [-0.1, -0.05) is 87.6 Å². The summed E-state index contributed by atoms with van der Waals surface area (Å²) < 4.78 is 28.8. The van der Waals surface area contributed by atoms with Crippen LogP contribution in [0.2, 0.25) is 0 Å². The van der Waals surface area contributed by atoms with Crippen LogP contribution in [0.5, 0.6) is 0 Å². The minimum atomic E-state index is -2.57. The Morgan fingerprint density at radius 1 is 1.07 bits per heavy atom. The van der Waals surface area contributed by atoms with E-state index in [-0.39, 0.29) is 5.12 Å². The zero-order chi connectivity index (χ0) is 21.6. The molecule has 2 aliphatic rings. The number of rotatable bonds is 9. The Morgan fingerprint density at radius 2 is 1.73 bits per heavy atom. The first-order valence-corrected chi connectivity index (χ1v) is 11.9. The van der Waals surface area contributed by atoms with Gasteiger partial charge in [-0.05, 0) is 48.6 Å². The van der Waals surface area contributed by atoms with Crippen molar-refractivity contribution in [2.45, 2.75) is 82.5 Å². The second-order valence-corrected chi connectivity index (χ2v) is 9.41. The fourth-order valence-corrected chi connectivity index (χ4v) is 5.29. The van der Waals surface area contributed by atoms with Crippen molar-refractivity contribution in [2.75, 3.05) is 0 Å². The molecule has 0 bridgehead atoms. The van der Waals surface area contributed by atoms with Crippen LogP contribution in [0.4, 0.5) is 8.78 Å². The predicted molar refractivity (Wildman–Crippen MR) is 123 cm³/mol. The van der Waals surface area contributed by atoms with Gasteiger partial charge in [-0.25, -0.2) is 8.78 Å². The van der Waals surface area contributed by atoms with Crippen molar-refractivity contribution < 1.29 is 13.6 Å². The van der Waals surface area contributed by atoms with E-state index in [4.69, 9.17) is 0 Å². The van der Waals surface area contributed by atoms with Crippen LogP contribution in [0.15, 0.2) is 48.6 Å². The highest BCUT2D eigenvalue weighted by atomic mass is 32.1. The largest absolute Gasteiger partial charge is 0.286 e. The number of alkyl halides is 2. The first-order valence-electron chi connectivity index (χ1n) is 11.5. The fourth-order valence-electron chi connectivity index (χ4n) is 5.12. The van der Waals surface area contributed by atoms with Gasteiger partial charge in [0, 0.05) is 0 Å². The van der Waals surface area contributed by atoms with Crippen LogP contribution in [0.25, 0.3) is 0 Å². The summed E-state index contributed by atoms with van der Waals surface area (Å²) in [5.74, 6) is 0.580. The highest BCUT2D eigenvalue weighted by molar-refractivity contribution is 7.96. The summed E-state index contributed by atoms with van der Waals surface area (Å²) in [5.41, 5.74) is 0.268. The number of benzene rings is 1. The number of halogens is 2. The van der Waals surface area contributed by atoms with Crippen LogP contribution in [0.1, 0.15) is 81.8 Å². The van der Waals surface area contributed by atoms with E-state index in [1.807, 2.05) is 24.3 Å². The van der Waals surface area contributed by atoms with Gasteiger partial charge in [-0.15, -0.1) is 12.6 Å². The summed E-state index contributed by atoms with van der Waals surface area (Å²) in [7, 11) is 0. The summed E-state index contributed by atoms with van der Waals surface area (Å²) in [6, 6.07) is 7.68. The van der Waals surface area contributed by atoms with E-state index in [1.165, 1.54) is 57.1 Å². The standard InChI is InChI=1S/C26H34F2OS/c1-2-3-4-5-8-19-11-13-20(14-12-19)22-9-6-7-10-23(22)26(25(27)28)17-15-21(16-18-26)24(29)30/h6-7,9-10,15-21,25H,2-5,8,11-14H2,1H3,(H,29,30). The highest BCUT2D eigenvalue weighted by Crippen LogP contribution is 2.45. The van der Waals surface area contributed by atoms with Gasteiger partial charge in [0.15, 0.2) is 5.12 Å². The van der Waals surface area contributed by atoms with E-state index in [1.54, 1.807) is 12.2 Å². The van der Waals surface area contributed by atoms with Crippen LogP contribution in [0.3, 0.4) is 0 Å². The third-order valence-corrected chi connectivity index (χ3v) is 7.28. The van der Waals surface area contributed by atoms with Gasteiger partial charge in [0.25, 0.3) is 6.43 Å². The summed E-state index contributed by atoms with van der Waals surface area (Å²) in [6.45, 7) is 2.24. The molecule has 0 radical (unpaired) electrons. The number of thiol groups is 1. The van der Waals surface area contributed by atoms with Gasteiger partial charge in [-0.3, -0.25) is 4.79 Å². The van der Waals surface area contributed by atoms with E-state index in [0.29, 0.717) is 11.5 Å². The summed E-state index contributed by atoms with van der Waals surface area (Å²) >= 11 is 3.86. The van der Waals surface area contributed by atoms with Crippen molar-refractivity contribution in [2.24, 2.45) is 11.8 Å². The molecule has 0 aliphatic heterocycles. The van der Waals surface area contributed by atoms with E-state index in [2.05, 4.69) is 19.6 Å². The first-order chi connectivity index (χ1) is 14.5. The molecule has 0 aromatic heterocycles. The van der Waals surface area contributed by atoms with Crippen molar-refractivity contribution in [3.8, 4) is 0 Å². The molecule has 4 heteroatoms. The molecule has 1 nitrogen and oxygen atoms in total. The quantitative estimate of drug-likeness (QED) is 0.241. The lowest BCUT2D eigenvalue weighted by Gasteiger charge is -2.36. The van der Waals surface area contributed by atoms with Crippen molar-refractivity contribution in [3.05, 3.63) is 59.7 Å². The topological polar surface area (TPSA) is 17.1 Å². The van der Waals surface area contributed by atoms with Crippen LogP contribution in [-0.2, 0) is 10.2 Å². The Morgan fingerprint density at radius 3 is 2.33 bits per heavy atom. The molecule has 3 rings (SSSR count). The lowest BCUT2D eigenvalue weighted by Crippen LogP contribution is -2.34. The van der Waals surface area contributed by atoms with Gasteiger partial charge < -0.3 is 0 Å². The molecule has 30 heavy (non-hydrogen) atoms. The van der Waals surface area contributed by atoms with E-state index >= 15 is 0 Å². The monoisotopic (exact) mass is 432 g/mol. The molecule has 0 atom stereocenters. The molecule has 2 aliphatic carbocycles. The molecule has 1 aromatic rings. The maximum atomic E-state index is 14.4. The molecule has 0 spiro atoms. The van der Waals surface area contributed by atoms with Crippen molar-refractivity contribution in [1.29, 1.82) is 0 Å². The molecule has 0 saturated heterocycles. The van der Waals surface area contributed by atoms with Crippen molar-refractivity contribution in [1.82, 2.24) is 0 Å². The molecule has 1 saturated carbocycles. The van der Waals surface area contributed by atoms with Crippen LogP contribution in [-0.4, -0.2) is 11.5 Å². The highest BCUT2D eigenvalue weighted by Gasteiger charge is 2.41. The third-order valence-electron chi connectivity index (χ3n) is 6.98. The zero-order valence-electron chi connectivity index (χ0n) is 17.9. The number of carbonyl (C=O) groups is 1. The number of carbonyl (C=O) groups excluding carboxylic acids is 1. The Kier molecular flexibility index (Phi) is 8.33. The number of allylic oxidation sites excluding steroid dienone is 4. The molecular weight excluding hydrogens is 398 g/mol. The second-order valence-electron chi connectivity index (χ2n) is 8.97. The Balaban J connectivity index is 1.76. The average Bonchev–Trinajstić information content (AvgIpc) is 2.77. The lowest BCUT2D eigenvalue weighted by atomic mass is 9.69. The molecule has 1 fully saturated rings. The predicted octanol–water partition coefficient (Wildman–Crippen LogP) is 7.63. The normalized spacial score (nSPS) is 28.8. The number of hydrogen-bond acceptors (Lipinski definition) is 1. The lowest BCUT2D eigenvalue weighted by molar-refractivity contribution is -0.112. The first kappa shape index (κ1) is 23.2. The van der Waals surface area contributed by atoms with Crippen molar-refractivity contribution in [3.63, 3.8) is 0 Å². The minimum Gasteiger partial charge on any atom is -0.286 e. The average molecular weight is 433 g/mol. The molecule has 0 amide bonds. The van der Waals surface area contributed by atoms with Gasteiger partial charge in [0.05, 0.1) is 11.3 Å².